The summed E-state index contributed by atoms with van der Waals surface area (Å²) < 4.78 is 44.2. The molecule has 1 saturated heterocycles. The van der Waals surface area contributed by atoms with Crippen molar-refractivity contribution in [3.63, 3.8) is 0 Å². The Hall–Kier alpha value is -0.410. The summed E-state index contributed by atoms with van der Waals surface area (Å²) in [5.74, 6) is -0.576. The fourth-order valence-electron chi connectivity index (χ4n) is 3.06. The van der Waals surface area contributed by atoms with Crippen LogP contribution in [-0.4, -0.2) is 35.9 Å². The van der Waals surface area contributed by atoms with Gasteiger partial charge in [-0.3, -0.25) is 4.72 Å². The first-order chi connectivity index (χ1) is 12.8. The van der Waals surface area contributed by atoms with E-state index >= 15 is 0 Å². The van der Waals surface area contributed by atoms with E-state index in [4.69, 9.17) is 0 Å². The van der Waals surface area contributed by atoms with E-state index < -0.39 is 42.7 Å². The Labute approximate surface area is 179 Å². The van der Waals surface area contributed by atoms with Crippen molar-refractivity contribution >= 4 is 37.8 Å². The molecule has 4 atom stereocenters. The van der Waals surface area contributed by atoms with Crippen molar-refractivity contribution in [1.82, 2.24) is 14.4 Å². The van der Waals surface area contributed by atoms with Gasteiger partial charge in [-0.15, -0.1) is 4.72 Å². The third-order valence-corrected chi connectivity index (χ3v) is 10.5. The van der Waals surface area contributed by atoms with Crippen molar-refractivity contribution in [2.45, 2.75) is 62.5 Å². The smallest absolute Gasteiger partial charge is 0.146 e. The summed E-state index contributed by atoms with van der Waals surface area (Å²) in [5.41, 5.74) is -1.22. The van der Waals surface area contributed by atoms with Gasteiger partial charge in [-0.05, 0) is 75.5 Å². The van der Waals surface area contributed by atoms with Gasteiger partial charge in [0.15, 0.2) is 0 Å². The van der Waals surface area contributed by atoms with Gasteiger partial charge in [0.2, 0.25) is 0 Å². The molecule has 0 aliphatic carbocycles. The summed E-state index contributed by atoms with van der Waals surface area (Å²) in [4.78, 5) is 4.29. The molecule has 2 rings (SSSR count). The Bertz CT molecular complexity index is 775. The minimum Gasteiger partial charge on any atom is -0.598 e. The Balaban J connectivity index is 2.55. The number of hydrogen-bond acceptors (Lipinski definition) is 6. The molecular weight excluding hydrogens is 467 g/mol. The molecule has 2 heterocycles. The average molecular weight is 495 g/mol. The summed E-state index contributed by atoms with van der Waals surface area (Å²) in [6.07, 6.45) is 1.30. The van der Waals surface area contributed by atoms with Crippen LogP contribution in [0.2, 0.25) is 0 Å². The number of nitriles is 1. The zero-order chi connectivity index (χ0) is 21.4. The van der Waals surface area contributed by atoms with Gasteiger partial charge in [-0.25, -0.2) is 9.37 Å². The van der Waals surface area contributed by atoms with E-state index in [1.807, 2.05) is 0 Å². The number of rotatable bonds is 5. The standard InChI is InChI=1S/C18H28BrFN4O2S2/c1-16(2,3)27(25)24-18(5,15-13(20)7-8-14(19)23-15)12-28(26)17(4,11-21)9-6-10-22-28/h7-8,22,24,26H,6,9-10,12H2,1-5H3/t17-,18?,27+/m0/s1. The normalized spacial score (nSPS) is 29.0. The summed E-state index contributed by atoms with van der Waals surface area (Å²) in [5, 5.41) is 9.76. The van der Waals surface area contributed by atoms with E-state index in [1.54, 1.807) is 34.6 Å². The van der Waals surface area contributed by atoms with Crippen LogP contribution in [0.4, 0.5) is 4.39 Å². The summed E-state index contributed by atoms with van der Waals surface area (Å²) in [7, 11) is -2.69. The first-order valence-electron chi connectivity index (χ1n) is 8.97. The third-order valence-electron chi connectivity index (χ3n) is 4.86. The molecule has 0 spiro atoms. The van der Waals surface area contributed by atoms with E-state index in [0.29, 0.717) is 17.6 Å². The second kappa shape index (κ2) is 8.38. The quantitative estimate of drug-likeness (QED) is 0.420. The van der Waals surface area contributed by atoms with Crippen LogP contribution in [0.5, 0.6) is 0 Å². The molecule has 0 saturated carbocycles. The lowest BCUT2D eigenvalue weighted by molar-refractivity contribution is 0.409. The Kier molecular flexibility index (Phi) is 7.14. The van der Waals surface area contributed by atoms with E-state index in [0.717, 1.165) is 6.42 Å². The second-order valence-electron chi connectivity index (χ2n) is 8.47. The third kappa shape index (κ3) is 4.83. The van der Waals surface area contributed by atoms with Crippen molar-refractivity contribution in [2.24, 2.45) is 0 Å². The maximum atomic E-state index is 14.8. The van der Waals surface area contributed by atoms with Gasteiger partial charge in [0.05, 0.1) is 6.07 Å². The number of aromatic nitrogens is 1. The van der Waals surface area contributed by atoms with Gasteiger partial charge >= 0.3 is 0 Å². The Morgan fingerprint density at radius 2 is 2.14 bits per heavy atom. The number of pyridine rings is 1. The topological polar surface area (TPSA) is 104 Å². The van der Waals surface area contributed by atoms with E-state index in [2.05, 4.69) is 36.4 Å². The molecule has 6 nitrogen and oxygen atoms in total. The van der Waals surface area contributed by atoms with Gasteiger partial charge in [0.1, 0.15) is 31.1 Å². The highest BCUT2D eigenvalue weighted by atomic mass is 79.9. The van der Waals surface area contributed by atoms with Crippen molar-refractivity contribution in [3.8, 4) is 6.07 Å². The van der Waals surface area contributed by atoms with Crippen LogP contribution in [-0.2, 0) is 16.9 Å². The molecule has 28 heavy (non-hydrogen) atoms. The summed E-state index contributed by atoms with van der Waals surface area (Å²) >= 11 is 1.71. The number of halogens is 2. The zero-order valence-corrected chi connectivity index (χ0v) is 20.0. The van der Waals surface area contributed by atoms with Crippen LogP contribution in [0.3, 0.4) is 0 Å². The first-order valence-corrected chi connectivity index (χ1v) is 12.7. The van der Waals surface area contributed by atoms with Gasteiger partial charge in [-0.2, -0.15) is 5.26 Å². The van der Waals surface area contributed by atoms with E-state index in [-0.39, 0.29) is 11.4 Å². The molecule has 0 aromatic carbocycles. The monoisotopic (exact) mass is 494 g/mol. The Morgan fingerprint density at radius 1 is 1.50 bits per heavy atom. The predicted octanol–water partition coefficient (Wildman–Crippen LogP) is 4.11. The van der Waals surface area contributed by atoms with Crippen molar-refractivity contribution in [2.75, 3.05) is 12.3 Å². The van der Waals surface area contributed by atoms with Crippen LogP contribution in [0.25, 0.3) is 0 Å². The molecule has 1 fully saturated rings. The molecule has 1 aromatic rings. The van der Waals surface area contributed by atoms with Gasteiger partial charge in [0.25, 0.3) is 0 Å². The molecule has 1 aromatic heterocycles. The number of nitrogens with one attached hydrogen (secondary N) is 2. The van der Waals surface area contributed by atoms with Crippen molar-refractivity contribution < 1.29 is 13.5 Å². The van der Waals surface area contributed by atoms with Crippen molar-refractivity contribution in [3.05, 3.63) is 28.2 Å². The molecule has 1 unspecified atom stereocenters. The van der Waals surface area contributed by atoms with Crippen LogP contribution in [0.1, 0.15) is 53.2 Å². The summed E-state index contributed by atoms with van der Waals surface area (Å²) in [6, 6.07) is 5.02. The molecule has 158 valence electrons. The van der Waals surface area contributed by atoms with Gasteiger partial charge in [-0.1, -0.05) is 10.5 Å². The number of hydrogen-bond donors (Lipinski definition) is 3. The van der Waals surface area contributed by atoms with Crippen LogP contribution < -0.4 is 9.44 Å². The van der Waals surface area contributed by atoms with Gasteiger partial charge in [0, 0.05) is 23.7 Å². The highest BCUT2D eigenvalue weighted by Crippen LogP contribution is 2.59. The Morgan fingerprint density at radius 3 is 2.71 bits per heavy atom. The minimum absolute atomic E-state index is 0.00769. The SMILES string of the molecule is CC(C[S@@]1(O)NCCC[C@@]1(C)C#N)(N[S@+]([O-])C(C)(C)C)c1nc(Br)ccc1F. The van der Waals surface area contributed by atoms with Crippen LogP contribution >= 0.6 is 26.4 Å². The van der Waals surface area contributed by atoms with E-state index in [1.165, 1.54) is 12.1 Å². The molecule has 3 N–H and O–H groups in total. The average Bonchev–Trinajstić information content (AvgIpc) is 2.58. The lowest BCUT2D eigenvalue weighted by atomic mass is 10.0. The van der Waals surface area contributed by atoms with Crippen LogP contribution in [0.15, 0.2) is 16.7 Å². The van der Waals surface area contributed by atoms with E-state index in [9.17, 15) is 18.8 Å². The maximum absolute atomic E-state index is 14.8. The molecule has 0 bridgehead atoms. The molecule has 0 amide bonds. The fourth-order valence-corrected chi connectivity index (χ4v) is 7.25. The lowest BCUT2D eigenvalue weighted by Gasteiger charge is -2.52. The molecule has 1 aliphatic heterocycles. The predicted molar refractivity (Wildman–Crippen MR) is 117 cm³/mol. The lowest BCUT2D eigenvalue weighted by Crippen LogP contribution is -2.57. The highest BCUT2D eigenvalue weighted by Gasteiger charge is 2.52. The molecular formula is C18H28BrFN4O2S2. The van der Waals surface area contributed by atoms with Crippen molar-refractivity contribution in [1.29, 1.82) is 5.26 Å². The molecule has 10 heteroatoms. The fraction of sp³-hybridized carbons (Fsp3) is 0.667. The van der Waals surface area contributed by atoms with Crippen LogP contribution in [0, 0.1) is 17.1 Å². The second-order valence-corrected chi connectivity index (χ2v) is 14.1. The minimum atomic E-state index is -2.69. The zero-order valence-electron chi connectivity index (χ0n) is 16.8. The molecule has 1 aliphatic rings. The molecule has 0 radical (unpaired) electrons. The maximum Gasteiger partial charge on any atom is 0.146 e. The summed E-state index contributed by atoms with van der Waals surface area (Å²) in [6.45, 7) is 9.38. The largest absolute Gasteiger partial charge is 0.598 e. The van der Waals surface area contributed by atoms with Gasteiger partial charge < -0.3 is 9.11 Å². The number of nitrogens with zero attached hydrogens (tertiary/aromatic N) is 2. The first kappa shape index (κ1) is 23.9. The highest BCUT2D eigenvalue weighted by molar-refractivity contribution is 9.10.